The summed E-state index contributed by atoms with van der Waals surface area (Å²) >= 11 is 0. The van der Waals surface area contributed by atoms with Crippen molar-refractivity contribution in [3.63, 3.8) is 0 Å². The molecule has 1 aliphatic rings. The van der Waals surface area contributed by atoms with E-state index < -0.39 is 13.7 Å². The van der Waals surface area contributed by atoms with Crippen LogP contribution in [-0.2, 0) is 0 Å². The van der Waals surface area contributed by atoms with Crippen molar-refractivity contribution in [2.45, 2.75) is 50.5 Å². The van der Waals surface area contributed by atoms with E-state index in [1.165, 1.54) is 0 Å². The van der Waals surface area contributed by atoms with E-state index in [-0.39, 0.29) is 6.04 Å². The summed E-state index contributed by atoms with van der Waals surface area (Å²) < 4.78 is 0. The second kappa shape index (κ2) is 5.34. The summed E-state index contributed by atoms with van der Waals surface area (Å²) in [6, 6.07) is 2.25. The van der Waals surface area contributed by atoms with Gasteiger partial charge in [-0.3, -0.25) is 4.90 Å². The first kappa shape index (κ1) is 14.4. The van der Waals surface area contributed by atoms with Gasteiger partial charge >= 0.3 is 0 Å². The molecule has 0 aromatic carbocycles. The Morgan fingerprint density at radius 3 is 2.71 bits per heavy atom. The summed E-state index contributed by atoms with van der Waals surface area (Å²) in [5.41, 5.74) is 1.48. The van der Waals surface area contributed by atoms with Crippen molar-refractivity contribution in [1.29, 1.82) is 5.26 Å². The average molecular weight is 252 g/mol. The Kier molecular flexibility index (Phi) is 4.53. The summed E-state index contributed by atoms with van der Waals surface area (Å²) in [5, 5.41) is 19.4. The molecule has 3 nitrogen and oxygen atoms in total. The topological polar surface area (TPSA) is 47.3 Å². The molecule has 0 heterocycles. The number of likely N-dealkylation sites (N-methyl/N-ethyl adjacent to an activating group) is 1. The minimum Gasteiger partial charge on any atom is -0.384 e. The molecule has 17 heavy (non-hydrogen) atoms. The molecule has 2 atom stereocenters. The highest BCUT2D eigenvalue weighted by Crippen LogP contribution is 2.34. The molecule has 0 aromatic rings. The number of nitrogens with zero attached hydrogens (tertiary/aromatic N) is 2. The lowest BCUT2D eigenvalue weighted by molar-refractivity contribution is 0.0257. The predicted molar refractivity (Wildman–Crippen MR) is 73.3 cm³/mol. The van der Waals surface area contributed by atoms with Gasteiger partial charge in [0.25, 0.3) is 0 Å². The first-order valence-corrected chi connectivity index (χ1v) is 9.86. The summed E-state index contributed by atoms with van der Waals surface area (Å²) in [5.74, 6) is 0. The maximum atomic E-state index is 10.7. The van der Waals surface area contributed by atoms with Crippen LogP contribution in [0.15, 0.2) is 11.8 Å². The zero-order valence-electron chi connectivity index (χ0n) is 11.4. The molecule has 1 fully saturated rings. The van der Waals surface area contributed by atoms with Crippen LogP contribution in [0.25, 0.3) is 0 Å². The normalized spacial score (nSPS) is 30.1. The Hall–Kier alpha value is -0.633. The lowest BCUT2D eigenvalue weighted by Crippen LogP contribution is -2.46. The van der Waals surface area contributed by atoms with Crippen LogP contribution in [-0.4, -0.2) is 43.3 Å². The highest BCUT2D eigenvalue weighted by Gasteiger charge is 2.41. The smallest absolute Gasteiger partial charge is 0.0978 e. The second-order valence-electron chi connectivity index (χ2n) is 6.17. The minimum absolute atomic E-state index is 0.0924. The zero-order chi connectivity index (χ0) is 13.1. The number of rotatable bonds is 4. The van der Waals surface area contributed by atoms with Gasteiger partial charge in [-0.15, -0.1) is 0 Å². The predicted octanol–water partition coefficient (Wildman–Crippen LogP) is 2.16. The minimum atomic E-state index is -1.28. The van der Waals surface area contributed by atoms with E-state index in [1.54, 1.807) is 0 Å². The molecule has 0 aromatic heterocycles. The molecule has 1 unspecified atom stereocenters. The Bertz CT molecular complexity index is 329. The van der Waals surface area contributed by atoms with Crippen molar-refractivity contribution >= 4 is 8.07 Å². The highest BCUT2D eigenvalue weighted by molar-refractivity contribution is 6.80. The van der Waals surface area contributed by atoms with Gasteiger partial charge in [0.15, 0.2) is 0 Å². The van der Waals surface area contributed by atoms with Gasteiger partial charge in [-0.2, -0.15) is 5.26 Å². The van der Waals surface area contributed by atoms with Crippen molar-refractivity contribution in [2.24, 2.45) is 0 Å². The van der Waals surface area contributed by atoms with Crippen molar-refractivity contribution in [3.8, 4) is 6.07 Å². The average Bonchev–Trinajstić information content (AvgIpc) is 2.58. The van der Waals surface area contributed by atoms with Crippen molar-refractivity contribution in [2.75, 3.05) is 13.6 Å². The van der Waals surface area contributed by atoms with Crippen LogP contribution in [0, 0.1) is 11.3 Å². The van der Waals surface area contributed by atoms with Crippen LogP contribution in [0.2, 0.25) is 19.6 Å². The maximum absolute atomic E-state index is 10.7. The lowest BCUT2D eigenvalue weighted by atomic mass is 9.97. The molecule has 1 saturated carbocycles. The molecule has 0 spiro atoms. The number of hydrogen-bond acceptors (Lipinski definition) is 3. The Balaban J connectivity index is 2.80. The van der Waals surface area contributed by atoms with Crippen molar-refractivity contribution in [3.05, 3.63) is 11.8 Å². The van der Waals surface area contributed by atoms with Crippen LogP contribution < -0.4 is 0 Å². The Morgan fingerprint density at radius 1 is 1.53 bits per heavy atom. The van der Waals surface area contributed by atoms with Gasteiger partial charge in [-0.05, 0) is 26.3 Å². The van der Waals surface area contributed by atoms with Crippen molar-refractivity contribution in [1.82, 2.24) is 4.90 Å². The Labute approximate surface area is 106 Å². The number of aliphatic hydroxyl groups is 1. The van der Waals surface area contributed by atoms with Gasteiger partial charge in [-0.25, -0.2) is 0 Å². The number of nitriles is 1. The van der Waals surface area contributed by atoms with Gasteiger partial charge in [-0.1, -0.05) is 31.4 Å². The van der Waals surface area contributed by atoms with Crippen LogP contribution in [0.3, 0.4) is 0 Å². The fraction of sp³-hybridized carbons (Fsp3) is 0.769. The molecule has 0 radical (unpaired) electrons. The molecule has 1 rings (SSSR count). The fourth-order valence-corrected chi connectivity index (χ4v) is 3.20. The van der Waals surface area contributed by atoms with Gasteiger partial charge < -0.3 is 5.11 Å². The van der Waals surface area contributed by atoms with E-state index in [4.69, 9.17) is 5.26 Å². The van der Waals surface area contributed by atoms with E-state index in [1.807, 2.05) is 18.0 Å². The summed E-state index contributed by atoms with van der Waals surface area (Å²) in [6.07, 6.45) is 4.83. The molecular weight excluding hydrogens is 228 g/mol. The van der Waals surface area contributed by atoms with Gasteiger partial charge in [0.1, 0.15) is 0 Å². The zero-order valence-corrected chi connectivity index (χ0v) is 12.4. The lowest BCUT2D eigenvalue weighted by Gasteiger charge is -2.33. The number of hydrogen-bond donors (Lipinski definition) is 1. The summed E-state index contributed by atoms with van der Waals surface area (Å²) in [6.45, 7) is 7.16. The molecular formula is C13H24N2OSi. The standard InChI is InChI=1S/C13H24N2OSi/c1-15(10-9-14)12-6-5-7-13(12,16)8-11-17(2,3)4/h8,11-12,16H,5-7,10H2,1-4H3/b11-8+/t12?,13-/m0/s1. The molecule has 1 N–H and O–H groups in total. The third-order valence-electron chi connectivity index (χ3n) is 3.36. The molecule has 96 valence electrons. The van der Waals surface area contributed by atoms with E-state index in [2.05, 4.69) is 31.4 Å². The van der Waals surface area contributed by atoms with E-state index >= 15 is 0 Å². The maximum Gasteiger partial charge on any atom is 0.0978 e. The van der Waals surface area contributed by atoms with Crippen LogP contribution >= 0.6 is 0 Å². The van der Waals surface area contributed by atoms with E-state index in [0.717, 1.165) is 19.3 Å². The second-order valence-corrected chi connectivity index (χ2v) is 11.2. The monoisotopic (exact) mass is 252 g/mol. The van der Waals surface area contributed by atoms with Crippen LogP contribution in [0.1, 0.15) is 19.3 Å². The summed E-state index contributed by atoms with van der Waals surface area (Å²) in [4.78, 5) is 1.97. The van der Waals surface area contributed by atoms with Crippen LogP contribution in [0.5, 0.6) is 0 Å². The SMILES string of the molecule is CN(CC#N)C1CCC[C@]1(O)/C=C/[Si](C)(C)C. The molecule has 0 aliphatic heterocycles. The van der Waals surface area contributed by atoms with Crippen LogP contribution in [0.4, 0.5) is 0 Å². The van der Waals surface area contributed by atoms with Gasteiger partial charge in [0.05, 0.1) is 26.3 Å². The van der Waals surface area contributed by atoms with E-state index in [9.17, 15) is 5.11 Å². The molecule has 4 heteroatoms. The Morgan fingerprint density at radius 2 is 2.18 bits per heavy atom. The molecule has 0 amide bonds. The first-order valence-electron chi connectivity index (χ1n) is 6.28. The highest BCUT2D eigenvalue weighted by atomic mass is 28.3. The van der Waals surface area contributed by atoms with Crippen molar-refractivity contribution < 1.29 is 5.11 Å². The van der Waals surface area contributed by atoms with Gasteiger partial charge in [0, 0.05) is 6.04 Å². The molecule has 1 aliphatic carbocycles. The van der Waals surface area contributed by atoms with E-state index in [0.29, 0.717) is 6.54 Å². The van der Waals surface area contributed by atoms with Gasteiger partial charge in [0.2, 0.25) is 0 Å². The largest absolute Gasteiger partial charge is 0.384 e. The molecule has 0 saturated heterocycles. The third-order valence-corrected chi connectivity index (χ3v) is 4.52. The third kappa shape index (κ3) is 3.95. The molecule has 0 bridgehead atoms. The summed E-state index contributed by atoms with van der Waals surface area (Å²) in [7, 11) is 0.644. The first-order chi connectivity index (χ1) is 7.78. The fourth-order valence-electron chi connectivity index (χ4n) is 2.41. The quantitative estimate of drug-likeness (QED) is 0.616.